The van der Waals surface area contributed by atoms with Crippen LogP contribution in [-0.4, -0.2) is 0 Å². The monoisotopic (exact) mass is 154 g/mol. The van der Waals surface area contributed by atoms with E-state index < -0.39 is 0 Å². The predicted molar refractivity (Wildman–Crippen MR) is 46.4 cm³/mol. The minimum absolute atomic E-state index is 1.11. The predicted octanol–water partition coefficient (Wildman–Crippen LogP) is 2.10. The first-order valence-electron chi connectivity index (χ1n) is 3.03. The van der Waals surface area contributed by atoms with Crippen LogP contribution in [0, 0.1) is 0 Å². The number of hydrogen-bond acceptors (Lipinski definition) is 0. The number of fused-ring (bicyclic) bond motifs is 1. The number of rotatable bonds is 0. The van der Waals surface area contributed by atoms with Gasteiger partial charge in [-0.05, 0) is 17.0 Å². The highest BCUT2D eigenvalue weighted by molar-refractivity contribution is 8.15. The summed E-state index contributed by atoms with van der Waals surface area (Å²) >= 11 is 0. The van der Waals surface area contributed by atoms with Gasteiger partial charge in [-0.2, -0.15) is 0 Å². The molecule has 2 unspecified atom stereocenters. The molecule has 0 amide bonds. The van der Waals surface area contributed by atoms with Crippen molar-refractivity contribution >= 4 is 21.8 Å². The first-order chi connectivity index (χ1) is 4.47. The summed E-state index contributed by atoms with van der Waals surface area (Å²) in [6.45, 7) is 0. The van der Waals surface area contributed by atoms with Gasteiger partial charge in [0.05, 0.1) is 0 Å². The molecule has 2 heteroatoms. The third kappa shape index (κ3) is 1.02. The van der Waals surface area contributed by atoms with Crippen molar-refractivity contribution in [3.63, 3.8) is 0 Å². The summed E-state index contributed by atoms with van der Waals surface area (Å²) in [7, 11) is 2.28. The molecule has 0 saturated carbocycles. The van der Waals surface area contributed by atoms with Crippen LogP contribution in [0.1, 0.15) is 5.56 Å². The van der Waals surface area contributed by atoms with Gasteiger partial charge < -0.3 is 0 Å². The van der Waals surface area contributed by atoms with Crippen molar-refractivity contribution in [2.45, 2.75) is 6.16 Å². The molecule has 0 aliphatic carbocycles. The summed E-state index contributed by atoms with van der Waals surface area (Å²) in [6.07, 6.45) is 1.34. The molecule has 0 nitrogen and oxygen atoms in total. The van der Waals surface area contributed by atoms with Crippen molar-refractivity contribution < 1.29 is 0 Å². The van der Waals surface area contributed by atoms with E-state index in [1.54, 1.807) is 10.9 Å². The minimum Gasteiger partial charge on any atom is -0.0901 e. The Hall–Kier alpha value is 0.0800. The third-order valence-corrected chi connectivity index (χ3v) is 4.88. The zero-order chi connectivity index (χ0) is 6.10. The fraction of sp³-hybridized carbons (Fsp3) is 0.143. The largest absolute Gasteiger partial charge is 0.0901 e. The molecule has 0 aromatic heterocycles. The molecule has 2 rings (SSSR count). The van der Waals surface area contributed by atoms with E-state index >= 15 is 0 Å². The molecule has 0 fully saturated rings. The second-order valence-electron chi connectivity index (χ2n) is 2.14. The van der Waals surface area contributed by atoms with E-state index in [1.807, 2.05) is 0 Å². The van der Waals surface area contributed by atoms with Crippen LogP contribution in [-0.2, 0) is 6.16 Å². The smallest absolute Gasteiger partial charge is 0.00547 e. The highest BCUT2D eigenvalue weighted by Gasteiger charge is 2.07. The Labute approximate surface area is 58.5 Å². The van der Waals surface area contributed by atoms with Gasteiger partial charge in [0, 0.05) is 0 Å². The molecule has 0 bridgehead atoms. The maximum atomic E-state index is 2.26. The van der Waals surface area contributed by atoms with Gasteiger partial charge in [0.25, 0.3) is 0 Å². The zero-order valence-electron chi connectivity index (χ0n) is 5.02. The Morgan fingerprint density at radius 1 is 1.22 bits per heavy atom. The van der Waals surface area contributed by atoms with Gasteiger partial charge >= 0.3 is 0 Å². The summed E-state index contributed by atoms with van der Waals surface area (Å²) in [6, 6.07) is 8.79. The molecule has 2 atom stereocenters. The van der Waals surface area contributed by atoms with E-state index in [2.05, 4.69) is 24.3 Å². The first-order valence-corrected chi connectivity index (χ1v) is 6.24. The average molecular weight is 154 g/mol. The second-order valence-corrected chi connectivity index (χ2v) is 5.44. The lowest BCUT2D eigenvalue weighted by Gasteiger charge is -1.92. The van der Waals surface area contributed by atoms with Crippen LogP contribution in [0.15, 0.2) is 24.3 Å². The first kappa shape index (κ1) is 5.83. The van der Waals surface area contributed by atoms with Gasteiger partial charge in [-0.3, -0.25) is 0 Å². The summed E-state index contributed by atoms with van der Waals surface area (Å²) in [4.78, 5) is 0. The Bertz CT molecular complexity index is 197. The Morgan fingerprint density at radius 2 is 2.11 bits per heavy atom. The maximum absolute atomic E-state index is 2.26. The molecule has 1 aliphatic rings. The minimum atomic E-state index is 1.11. The molecule has 0 N–H and O–H groups in total. The number of hydrogen-bond donors (Lipinski definition) is 0. The summed E-state index contributed by atoms with van der Waals surface area (Å²) in [5, 5.41) is 1.61. The van der Waals surface area contributed by atoms with Gasteiger partial charge in [-0.1, -0.05) is 40.8 Å². The van der Waals surface area contributed by atoms with Gasteiger partial charge in [0.2, 0.25) is 0 Å². The average Bonchev–Trinajstić information content (AvgIpc) is 2.33. The Balaban J connectivity index is 2.54. The summed E-state index contributed by atoms with van der Waals surface area (Å²) in [5.41, 5.74) is 1.59. The normalized spacial score (nSPS) is 20.9. The lowest BCUT2D eigenvalue weighted by atomic mass is 10.2. The van der Waals surface area contributed by atoms with E-state index in [1.165, 1.54) is 14.4 Å². The van der Waals surface area contributed by atoms with Crippen LogP contribution in [0.4, 0.5) is 0 Å². The van der Waals surface area contributed by atoms with Crippen LogP contribution in [0.2, 0.25) is 0 Å². The Kier molecular flexibility index (Phi) is 1.53. The van der Waals surface area contributed by atoms with Crippen molar-refractivity contribution in [1.29, 1.82) is 0 Å². The second kappa shape index (κ2) is 2.37. The summed E-state index contributed by atoms with van der Waals surface area (Å²) in [5.74, 6) is 0. The molecule has 46 valence electrons. The van der Waals surface area contributed by atoms with E-state index in [0.717, 1.165) is 8.27 Å². The maximum Gasteiger partial charge on any atom is -0.00547 e. The molecule has 1 heterocycles. The van der Waals surface area contributed by atoms with Gasteiger partial charge in [-0.25, -0.2) is 0 Å². The van der Waals surface area contributed by atoms with Gasteiger partial charge in [0.15, 0.2) is 0 Å². The van der Waals surface area contributed by atoms with E-state index in [0.29, 0.717) is 0 Å². The van der Waals surface area contributed by atoms with Crippen molar-refractivity contribution in [2.24, 2.45) is 0 Å². The van der Waals surface area contributed by atoms with Crippen LogP contribution >= 0.6 is 16.5 Å². The Morgan fingerprint density at radius 3 is 3.00 bits per heavy atom. The van der Waals surface area contributed by atoms with Crippen LogP contribution in [0.25, 0.3) is 0 Å². The van der Waals surface area contributed by atoms with E-state index in [4.69, 9.17) is 0 Å². The zero-order valence-corrected chi connectivity index (χ0v) is 7.02. The molecule has 1 aromatic rings. The van der Waals surface area contributed by atoms with Crippen molar-refractivity contribution in [1.82, 2.24) is 0 Å². The third-order valence-electron chi connectivity index (χ3n) is 1.52. The van der Waals surface area contributed by atoms with Gasteiger partial charge in [0.1, 0.15) is 0 Å². The fourth-order valence-corrected chi connectivity index (χ4v) is 4.64. The SMILES string of the molecule is c1ccc2c(c1)CPP2. The molecular weight excluding hydrogens is 146 g/mol. The molecule has 0 spiro atoms. The van der Waals surface area contributed by atoms with Crippen molar-refractivity contribution in [2.75, 3.05) is 0 Å². The molecule has 1 aliphatic heterocycles. The molecule has 0 radical (unpaired) electrons. The van der Waals surface area contributed by atoms with Crippen molar-refractivity contribution in [3.8, 4) is 0 Å². The summed E-state index contributed by atoms with van der Waals surface area (Å²) < 4.78 is 0. The van der Waals surface area contributed by atoms with E-state index in [9.17, 15) is 0 Å². The lowest BCUT2D eigenvalue weighted by molar-refractivity contribution is 1.47. The molecular formula is C7H8P2. The highest BCUT2D eigenvalue weighted by atomic mass is 32.0. The highest BCUT2D eigenvalue weighted by Crippen LogP contribution is 2.45. The van der Waals surface area contributed by atoms with Crippen LogP contribution in [0.3, 0.4) is 0 Å². The van der Waals surface area contributed by atoms with E-state index in [-0.39, 0.29) is 0 Å². The molecule has 1 aromatic carbocycles. The van der Waals surface area contributed by atoms with Gasteiger partial charge in [-0.15, -0.1) is 0 Å². The topological polar surface area (TPSA) is 0 Å². The standard InChI is InChI=1S/C7H8P2/c1-2-4-7-6(3-1)5-8-9-7/h1-4,8-9H,5H2. The van der Waals surface area contributed by atoms with Crippen molar-refractivity contribution in [3.05, 3.63) is 29.8 Å². The van der Waals surface area contributed by atoms with Crippen LogP contribution < -0.4 is 5.30 Å². The molecule has 9 heavy (non-hydrogen) atoms. The number of benzene rings is 1. The quantitative estimate of drug-likeness (QED) is 0.502. The molecule has 0 saturated heterocycles. The van der Waals surface area contributed by atoms with Crippen LogP contribution in [0.5, 0.6) is 0 Å². The fourth-order valence-electron chi connectivity index (χ4n) is 1.03. The lowest BCUT2D eigenvalue weighted by Crippen LogP contribution is -1.93.